The Hall–Kier alpha value is -2.30. The van der Waals surface area contributed by atoms with Crippen LogP contribution in [-0.2, 0) is 0 Å². The first-order valence-corrected chi connectivity index (χ1v) is 6.78. The standard InChI is InChI=1S/C17H15F3O2/c1-10(2)9-22-14-4-11(8-21)3-12(5-14)13-6-15(18)17(20)16(19)7-13/h3-8,10H,9H2,1-2H3. The van der Waals surface area contributed by atoms with Crippen molar-refractivity contribution >= 4 is 6.29 Å². The SMILES string of the molecule is CC(C)COc1cc(C=O)cc(-c2cc(F)c(F)c(F)c2)c1. The van der Waals surface area contributed by atoms with Crippen molar-refractivity contribution in [3.63, 3.8) is 0 Å². The molecule has 5 heteroatoms. The second-order valence-corrected chi connectivity index (χ2v) is 5.37. The highest BCUT2D eigenvalue weighted by molar-refractivity contribution is 5.80. The molecule has 116 valence electrons. The van der Waals surface area contributed by atoms with Crippen molar-refractivity contribution in [3.8, 4) is 16.9 Å². The third kappa shape index (κ3) is 3.67. The summed E-state index contributed by atoms with van der Waals surface area (Å²) in [5.41, 5.74) is 0.817. The predicted molar refractivity (Wildman–Crippen MR) is 77.5 cm³/mol. The van der Waals surface area contributed by atoms with Crippen LogP contribution in [0.15, 0.2) is 30.3 Å². The highest BCUT2D eigenvalue weighted by Gasteiger charge is 2.13. The van der Waals surface area contributed by atoms with E-state index in [9.17, 15) is 18.0 Å². The molecule has 2 nitrogen and oxygen atoms in total. The summed E-state index contributed by atoms with van der Waals surface area (Å²) in [5.74, 6) is -3.39. The molecule has 0 unspecified atom stereocenters. The third-order valence-electron chi connectivity index (χ3n) is 2.97. The summed E-state index contributed by atoms with van der Waals surface area (Å²) < 4.78 is 45.3. The molecule has 0 atom stereocenters. The van der Waals surface area contributed by atoms with Gasteiger partial charge in [-0.05, 0) is 47.4 Å². The van der Waals surface area contributed by atoms with Crippen LogP contribution in [-0.4, -0.2) is 12.9 Å². The molecule has 0 spiro atoms. The van der Waals surface area contributed by atoms with Crippen LogP contribution in [0.4, 0.5) is 13.2 Å². The van der Waals surface area contributed by atoms with Crippen LogP contribution in [0.1, 0.15) is 24.2 Å². The molecule has 0 radical (unpaired) electrons. The number of hydrogen-bond donors (Lipinski definition) is 0. The van der Waals surface area contributed by atoms with E-state index in [1.54, 1.807) is 6.07 Å². The molecule has 0 N–H and O–H groups in total. The number of hydrogen-bond acceptors (Lipinski definition) is 2. The monoisotopic (exact) mass is 308 g/mol. The molecule has 2 aromatic carbocycles. The van der Waals surface area contributed by atoms with Crippen LogP contribution in [0.5, 0.6) is 5.75 Å². The van der Waals surface area contributed by atoms with Crippen molar-refractivity contribution in [2.75, 3.05) is 6.61 Å². The Labute approximate surface area is 126 Å². The van der Waals surface area contributed by atoms with Crippen LogP contribution >= 0.6 is 0 Å². The van der Waals surface area contributed by atoms with Crippen LogP contribution in [0, 0.1) is 23.4 Å². The lowest BCUT2D eigenvalue weighted by atomic mass is 10.0. The van der Waals surface area contributed by atoms with E-state index in [4.69, 9.17) is 4.74 Å². The van der Waals surface area contributed by atoms with Gasteiger partial charge in [0.15, 0.2) is 17.5 Å². The van der Waals surface area contributed by atoms with Crippen molar-refractivity contribution in [1.29, 1.82) is 0 Å². The maximum Gasteiger partial charge on any atom is 0.194 e. The maximum atomic E-state index is 13.3. The number of rotatable bonds is 5. The average molecular weight is 308 g/mol. The second-order valence-electron chi connectivity index (χ2n) is 5.37. The second kappa shape index (κ2) is 6.64. The predicted octanol–water partition coefficient (Wildman–Crippen LogP) is 4.62. The largest absolute Gasteiger partial charge is 0.493 e. The maximum absolute atomic E-state index is 13.3. The third-order valence-corrected chi connectivity index (χ3v) is 2.97. The molecule has 0 aromatic heterocycles. The van der Waals surface area contributed by atoms with Gasteiger partial charge in [0.05, 0.1) is 6.61 Å². The fraction of sp³-hybridized carbons (Fsp3) is 0.235. The number of aldehydes is 1. The lowest BCUT2D eigenvalue weighted by Crippen LogP contribution is -2.05. The van der Waals surface area contributed by atoms with Crippen LogP contribution in [0.2, 0.25) is 0 Å². The zero-order chi connectivity index (χ0) is 16.3. The smallest absolute Gasteiger partial charge is 0.194 e. The Morgan fingerprint density at radius 1 is 1.00 bits per heavy atom. The van der Waals surface area contributed by atoms with Crippen molar-refractivity contribution in [2.45, 2.75) is 13.8 Å². The van der Waals surface area contributed by atoms with Crippen LogP contribution < -0.4 is 4.74 Å². The number of ether oxygens (including phenoxy) is 1. The molecule has 0 aliphatic rings. The van der Waals surface area contributed by atoms with Gasteiger partial charge in [-0.3, -0.25) is 4.79 Å². The van der Waals surface area contributed by atoms with Gasteiger partial charge in [0.2, 0.25) is 0 Å². The zero-order valence-electron chi connectivity index (χ0n) is 12.2. The Bertz CT molecular complexity index is 673. The zero-order valence-corrected chi connectivity index (χ0v) is 12.2. The summed E-state index contributed by atoms with van der Waals surface area (Å²) in [6.45, 7) is 4.37. The minimum absolute atomic E-state index is 0.134. The van der Waals surface area contributed by atoms with E-state index in [1.165, 1.54) is 12.1 Å². The van der Waals surface area contributed by atoms with Gasteiger partial charge in [0, 0.05) is 5.56 Å². The molecule has 2 aromatic rings. The first-order valence-electron chi connectivity index (χ1n) is 6.78. The fourth-order valence-corrected chi connectivity index (χ4v) is 1.93. The molecule has 2 rings (SSSR count). The lowest BCUT2D eigenvalue weighted by molar-refractivity contribution is 0.112. The van der Waals surface area contributed by atoms with Gasteiger partial charge in [-0.2, -0.15) is 0 Å². The van der Waals surface area contributed by atoms with Gasteiger partial charge in [-0.1, -0.05) is 13.8 Å². The number of halogens is 3. The first kappa shape index (κ1) is 16.1. The van der Waals surface area contributed by atoms with E-state index in [0.717, 1.165) is 12.1 Å². The normalized spacial score (nSPS) is 10.8. The molecular weight excluding hydrogens is 293 g/mol. The lowest BCUT2D eigenvalue weighted by Gasteiger charge is -2.11. The van der Waals surface area contributed by atoms with Gasteiger partial charge in [-0.25, -0.2) is 13.2 Å². The highest BCUT2D eigenvalue weighted by Crippen LogP contribution is 2.28. The molecule has 0 saturated carbocycles. The Morgan fingerprint density at radius 3 is 2.14 bits per heavy atom. The Balaban J connectivity index is 2.45. The van der Waals surface area contributed by atoms with E-state index >= 15 is 0 Å². The van der Waals surface area contributed by atoms with E-state index in [2.05, 4.69) is 0 Å². The van der Waals surface area contributed by atoms with Gasteiger partial charge in [0.25, 0.3) is 0 Å². The molecule has 0 fully saturated rings. The number of benzene rings is 2. The Morgan fingerprint density at radius 2 is 1.59 bits per heavy atom. The highest BCUT2D eigenvalue weighted by atomic mass is 19.2. The minimum atomic E-state index is -1.52. The summed E-state index contributed by atoms with van der Waals surface area (Å²) in [4.78, 5) is 11.0. The van der Waals surface area contributed by atoms with E-state index in [-0.39, 0.29) is 11.5 Å². The molecular formula is C17H15F3O2. The van der Waals surface area contributed by atoms with Gasteiger partial charge in [0.1, 0.15) is 12.0 Å². The molecule has 0 bridgehead atoms. The summed E-state index contributed by atoms with van der Waals surface area (Å²) in [6.07, 6.45) is 0.613. The number of carbonyl (C=O) groups excluding carboxylic acids is 1. The van der Waals surface area contributed by atoms with Crippen molar-refractivity contribution in [3.05, 3.63) is 53.3 Å². The van der Waals surface area contributed by atoms with E-state index in [0.29, 0.717) is 29.8 Å². The molecule has 0 aliphatic heterocycles. The van der Waals surface area contributed by atoms with E-state index in [1.807, 2.05) is 13.8 Å². The number of carbonyl (C=O) groups is 1. The molecule has 0 saturated heterocycles. The quantitative estimate of drug-likeness (QED) is 0.595. The molecule has 22 heavy (non-hydrogen) atoms. The summed E-state index contributed by atoms with van der Waals surface area (Å²) in [5, 5.41) is 0. The van der Waals surface area contributed by atoms with Crippen molar-refractivity contribution < 1.29 is 22.7 Å². The van der Waals surface area contributed by atoms with Crippen molar-refractivity contribution in [1.82, 2.24) is 0 Å². The van der Waals surface area contributed by atoms with Crippen LogP contribution in [0.3, 0.4) is 0 Å². The fourth-order valence-electron chi connectivity index (χ4n) is 1.93. The van der Waals surface area contributed by atoms with E-state index < -0.39 is 17.5 Å². The first-order chi connectivity index (χ1) is 10.4. The van der Waals surface area contributed by atoms with Crippen LogP contribution in [0.25, 0.3) is 11.1 Å². The van der Waals surface area contributed by atoms with Gasteiger partial charge in [-0.15, -0.1) is 0 Å². The summed E-state index contributed by atoms with van der Waals surface area (Å²) in [7, 11) is 0. The Kier molecular flexibility index (Phi) is 4.85. The summed E-state index contributed by atoms with van der Waals surface area (Å²) in [6, 6.07) is 6.32. The van der Waals surface area contributed by atoms with Crippen molar-refractivity contribution in [2.24, 2.45) is 5.92 Å². The van der Waals surface area contributed by atoms with Gasteiger partial charge < -0.3 is 4.74 Å². The van der Waals surface area contributed by atoms with Gasteiger partial charge >= 0.3 is 0 Å². The molecule has 0 heterocycles. The average Bonchev–Trinajstić information content (AvgIpc) is 2.49. The molecule has 0 amide bonds. The summed E-state index contributed by atoms with van der Waals surface area (Å²) >= 11 is 0. The minimum Gasteiger partial charge on any atom is -0.493 e. The topological polar surface area (TPSA) is 26.3 Å². The molecule has 0 aliphatic carbocycles.